The maximum Gasteiger partial charge on any atom is 0.321 e. The minimum absolute atomic E-state index is 0. The van der Waals surface area contributed by atoms with Crippen LogP contribution in [0.15, 0.2) is 72.9 Å². The average molecular weight is 436 g/mol. The number of carboxylic acid groups (broad SMARTS) is 1. The van der Waals surface area contributed by atoms with E-state index in [-0.39, 0.29) is 30.7 Å². The molecule has 4 N–H and O–H groups in total. The largest absolute Gasteiger partial charge is 0.480 e. The summed E-state index contributed by atoms with van der Waals surface area (Å²) in [6, 6.07) is 19.6. The highest BCUT2D eigenvalue weighted by molar-refractivity contribution is 5.85. The summed E-state index contributed by atoms with van der Waals surface area (Å²) in [7, 11) is 0. The molecule has 0 aliphatic rings. The zero-order valence-electron chi connectivity index (χ0n) is 15.7. The molecule has 0 amide bonds. The Bertz CT molecular complexity index is 891. The summed E-state index contributed by atoms with van der Waals surface area (Å²) in [5.41, 5.74) is 7.45. The van der Waals surface area contributed by atoms with Crippen molar-refractivity contribution in [1.29, 1.82) is 0 Å². The molecule has 1 heterocycles. The van der Waals surface area contributed by atoms with Crippen molar-refractivity contribution in [2.45, 2.75) is 18.9 Å². The van der Waals surface area contributed by atoms with Crippen molar-refractivity contribution in [2.75, 3.05) is 5.32 Å². The minimum Gasteiger partial charge on any atom is -0.480 e. The van der Waals surface area contributed by atoms with E-state index in [9.17, 15) is 4.79 Å². The number of hydrogen-bond donors (Lipinski definition) is 3. The second-order valence-electron chi connectivity index (χ2n) is 6.19. The molecule has 154 valence electrons. The van der Waals surface area contributed by atoms with E-state index in [1.165, 1.54) is 0 Å². The molecule has 0 radical (unpaired) electrons. The standard InChI is InChI=1S/C21H21N3O3.2ClH/c1-14(20(22)21(25)26)15-5-9-17(10-6-15)27-18-11-7-16(8-12-18)24-19-4-2-3-13-23-19;;/h2-14,20H,22H2,1H3,(H,23,24)(H,25,26);2*1H. The molecule has 0 fully saturated rings. The number of rotatable bonds is 7. The molecule has 2 aromatic carbocycles. The Hall–Kier alpha value is -2.80. The fourth-order valence-electron chi connectivity index (χ4n) is 2.59. The van der Waals surface area contributed by atoms with Crippen LogP contribution in [0, 0.1) is 0 Å². The summed E-state index contributed by atoms with van der Waals surface area (Å²) < 4.78 is 5.84. The molecule has 1 aromatic heterocycles. The predicted molar refractivity (Wildman–Crippen MR) is 119 cm³/mol. The molecule has 8 heteroatoms. The third-order valence-corrected chi connectivity index (χ3v) is 4.26. The Labute approximate surface area is 181 Å². The molecule has 0 saturated heterocycles. The Morgan fingerprint density at radius 2 is 1.59 bits per heavy atom. The number of nitrogens with zero attached hydrogens (tertiary/aromatic N) is 1. The van der Waals surface area contributed by atoms with Gasteiger partial charge in [-0.15, -0.1) is 24.8 Å². The maximum absolute atomic E-state index is 11.0. The van der Waals surface area contributed by atoms with Crippen molar-refractivity contribution in [3.8, 4) is 11.5 Å². The SMILES string of the molecule is CC(c1ccc(Oc2ccc(Nc3ccccn3)cc2)cc1)C(N)C(=O)O.Cl.Cl. The van der Waals surface area contributed by atoms with E-state index in [1.807, 2.05) is 54.6 Å². The third kappa shape index (κ3) is 6.64. The number of nitrogens with two attached hydrogens (primary N) is 1. The van der Waals surface area contributed by atoms with Gasteiger partial charge in [0.15, 0.2) is 0 Å². The van der Waals surface area contributed by atoms with Gasteiger partial charge in [-0.3, -0.25) is 4.79 Å². The van der Waals surface area contributed by atoms with E-state index >= 15 is 0 Å². The van der Waals surface area contributed by atoms with Gasteiger partial charge in [0.05, 0.1) is 0 Å². The van der Waals surface area contributed by atoms with Crippen LogP contribution in [-0.2, 0) is 4.79 Å². The second-order valence-corrected chi connectivity index (χ2v) is 6.19. The van der Waals surface area contributed by atoms with Gasteiger partial charge in [-0.05, 0) is 54.1 Å². The number of hydrogen-bond acceptors (Lipinski definition) is 5. The summed E-state index contributed by atoms with van der Waals surface area (Å²) in [5.74, 6) is 0.844. The number of carbonyl (C=O) groups is 1. The van der Waals surface area contributed by atoms with Gasteiger partial charge in [0.25, 0.3) is 0 Å². The lowest BCUT2D eigenvalue weighted by molar-refractivity contribution is -0.139. The van der Waals surface area contributed by atoms with Crippen molar-refractivity contribution in [2.24, 2.45) is 5.73 Å². The molecule has 6 nitrogen and oxygen atoms in total. The predicted octanol–water partition coefficient (Wildman–Crippen LogP) is 4.98. The van der Waals surface area contributed by atoms with Crippen molar-refractivity contribution in [3.63, 3.8) is 0 Å². The smallest absolute Gasteiger partial charge is 0.321 e. The molecule has 0 spiro atoms. The van der Waals surface area contributed by atoms with E-state index in [1.54, 1.807) is 25.3 Å². The van der Waals surface area contributed by atoms with Gasteiger partial charge >= 0.3 is 5.97 Å². The Morgan fingerprint density at radius 1 is 1.00 bits per heavy atom. The number of nitrogens with one attached hydrogen (secondary N) is 1. The van der Waals surface area contributed by atoms with E-state index in [0.29, 0.717) is 11.5 Å². The van der Waals surface area contributed by atoms with Gasteiger partial charge in [-0.1, -0.05) is 25.1 Å². The number of aromatic nitrogens is 1. The molecule has 0 aliphatic heterocycles. The van der Waals surface area contributed by atoms with Crippen molar-refractivity contribution in [1.82, 2.24) is 4.98 Å². The van der Waals surface area contributed by atoms with Crippen LogP contribution in [0.25, 0.3) is 0 Å². The zero-order chi connectivity index (χ0) is 19.2. The highest BCUT2D eigenvalue weighted by Crippen LogP contribution is 2.26. The van der Waals surface area contributed by atoms with Crippen molar-refractivity contribution < 1.29 is 14.6 Å². The minimum atomic E-state index is -1.01. The first-order valence-electron chi connectivity index (χ1n) is 8.57. The van der Waals surface area contributed by atoms with Gasteiger partial charge in [-0.25, -0.2) is 4.98 Å². The Kier molecular flexibility index (Phi) is 9.41. The molecule has 3 aromatic rings. The van der Waals surface area contributed by atoms with Gasteiger partial charge < -0.3 is 20.9 Å². The lowest BCUT2D eigenvalue weighted by Crippen LogP contribution is -2.35. The van der Waals surface area contributed by atoms with Crippen LogP contribution < -0.4 is 15.8 Å². The highest BCUT2D eigenvalue weighted by atomic mass is 35.5. The first-order valence-corrected chi connectivity index (χ1v) is 8.57. The summed E-state index contributed by atoms with van der Waals surface area (Å²) in [6.07, 6.45) is 1.73. The summed E-state index contributed by atoms with van der Waals surface area (Å²) >= 11 is 0. The normalized spacial score (nSPS) is 11.9. The number of halogens is 2. The van der Waals surface area contributed by atoms with Crippen molar-refractivity contribution in [3.05, 3.63) is 78.5 Å². The number of carboxylic acids is 1. The van der Waals surface area contributed by atoms with Gasteiger partial charge in [-0.2, -0.15) is 0 Å². The lowest BCUT2D eigenvalue weighted by Gasteiger charge is -2.16. The van der Waals surface area contributed by atoms with E-state index in [0.717, 1.165) is 17.1 Å². The number of pyridine rings is 1. The molecule has 2 unspecified atom stereocenters. The monoisotopic (exact) mass is 435 g/mol. The van der Waals surface area contributed by atoms with Crippen LogP contribution in [0.4, 0.5) is 11.5 Å². The van der Waals surface area contributed by atoms with Crippen LogP contribution in [0.5, 0.6) is 11.5 Å². The molecule has 0 bridgehead atoms. The zero-order valence-corrected chi connectivity index (χ0v) is 17.3. The second kappa shape index (κ2) is 11.3. The molecule has 2 atom stereocenters. The molecular formula is C21H23Cl2N3O3. The van der Waals surface area contributed by atoms with Gasteiger partial charge in [0.2, 0.25) is 0 Å². The summed E-state index contributed by atoms with van der Waals surface area (Å²) in [4.78, 5) is 15.2. The molecule has 29 heavy (non-hydrogen) atoms. The first-order chi connectivity index (χ1) is 13.0. The molecule has 3 rings (SSSR count). The van der Waals surface area contributed by atoms with Crippen LogP contribution in [0.1, 0.15) is 18.4 Å². The van der Waals surface area contributed by atoms with E-state index in [4.69, 9.17) is 15.6 Å². The van der Waals surface area contributed by atoms with Gasteiger partial charge in [0.1, 0.15) is 23.4 Å². The quantitative estimate of drug-likeness (QED) is 0.484. The topological polar surface area (TPSA) is 97.5 Å². The van der Waals surface area contributed by atoms with Gasteiger partial charge in [0, 0.05) is 17.8 Å². The Balaban J connectivity index is 0.00000210. The summed E-state index contributed by atoms with van der Waals surface area (Å²) in [5, 5.41) is 12.2. The lowest BCUT2D eigenvalue weighted by atomic mass is 9.94. The van der Waals surface area contributed by atoms with Crippen LogP contribution in [0.3, 0.4) is 0 Å². The van der Waals surface area contributed by atoms with Crippen LogP contribution >= 0.6 is 24.8 Å². The van der Waals surface area contributed by atoms with E-state index in [2.05, 4.69) is 10.3 Å². The number of benzene rings is 2. The molecular weight excluding hydrogens is 413 g/mol. The fourth-order valence-corrected chi connectivity index (χ4v) is 2.59. The molecule has 0 aliphatic carbocycles. The maximum atomic E-state index is 11.0. The van der Waals surface area contributed by atoms with E-state index < -0.39 is 12.0 Å². The first kappa shape index (κ1) is 24.2. The average Bonchev–Trinajstić information content (AvgIpc) is 2.69. The van der Waals surface area contributed by atoms with Crippen LogP contribution in [-0.4, -0.2) is 22.1 Å². The van der Waals surface area contributed by atoms with Crippen molar-refractivity contribution >= 4 is 42.3 Å². The van der Waals surface area contributed by atoms with Crippen LogP contribution in [0.2, 0.25) is 0 Å². The third-order valence-electron chi connectivity index (χ3n) is 4.26. The number of anilines is 2. The highest BCUT2D eigenvalue weighted by Gasteiger charge is 2.21. The number of ether oxygens (including phenoxy) is 1. The number of aliphatic carboxylic acids is 1. The molecule has 0 saturated carbocycles. The fraction of sp³-hybridized carbons (Fsp3) is 0.143. The Morgan fingerprint density at radius 3 is 2.10 bits per heavy atom. The summed E-state index contributed by atoms with van der Waals surface area (Å²) in [6.45, 7) is 1.79.